The molecule has 5 heteroatoms. The van der Waals surface area contributed by atoms with Crippen LogP contribution >= 0.6 is 0 Å². The lowest BCUT2D eigenvalue weighted by molar-refractivity contribution is -0.110. The topological polar surface area (TPSA) is 69.8 Å². The molecule has 1 aromatic heterocycles. The predicted octanol–water partition coefficient (Wildman–Crippen LogP) is 3.41. The molecule has 4 rings (SSSR count). The maximum atomic E-state index is 12.1. The molecule has 1 amide bonds. The third kappa shape index (κ3) is 2.79. The van der Waals surface area contributed by atoms with Gasteiger partial charge in [0.15, 0.2) is 0 Å². The summed E-state index contributed by atoms with van der Waals surface area (Å²) in [4.78, 5) is 12.1. The van der Waals surface area contributed by atoms with Crippen molar-refractivity contribution in [2.75, 3.05) is 10.6 Å². The molecule has 0 atom stereocenters. The smallest absolute Gasteiger partial charge is 0.257 e. The minimum atomic E-state index is -0.104. The standard InChI is InChI=1S/C19H16N4O/c24-19-16(15-8-4-5-9-17(15)21-19)12-20-18-11-14(22-23-18)10-13-6-2-1-3-7-13/h1-9,11-12H,10H2,(H,21,24)(H2,20,22,23)/b16-12+. The summed E-state index contributed by atoms with van der Waals surface area (Å²) >= 11 is 0. The fourth-order valence-electron chi connectivity index (χ4n) is 2.76. The first-order chi connectivity index (χ1) is 11.8. The molecule has 118 valence electrons. The molecule has 0 radical (unpaired) electrons. The van der Waals surface area contributed by atoms with E-state index in [0.29, 0.717) is 5.57 Å². The fourth-order valence-corrected chi connectivity index (χ4v) is 2.76. The van der Waals surface area contributed by atoms with Gasteiger partial charge in [-0.1, -0.05) is 48.5 Å². The zero-order valence-electron chi connectivity index (χ0n) is 12.9. The van der Waals surface area contributed by atoms with Gasteiger partial charge >= 0.3 is 0 Å². The van der Waals surface area contributed by atoms with Crippen molar-refractivity contribution in [2.24, 2.45) is 0 Å². The van der Waals surface area contributed by atoms with Crippen LogP contribution in [0.3, 0.4) is 0 Å². The largest absolute Gasteiger partial charge is 0.346 e. The number of amides is 1. The fraction of sp³-hybridized carbons (Fsp3) is 0.0526. The van der Waals surface area contributed by atoms with Crippen molar-refractivity contribution >= 4 is 23.0 Å². The van der Waals surface area contributed by atoms with Gasteiger partial charge in [-0.15, -0.1) is 0 Å². The summed E-state index contributed by atoms with van der Waals surface area (Å²) in [5.74, 6) is 0.651. The summed E-state index contributed by atoms with van der Waals surface area (Å²) in [5.41, 5.74) is 4.50. The molecule has 5 nitrogen and oxygen atoms in total. The van der Waals surface area contributed by atoms with E-state index >= 15 is 0 Å². The van der Waals surface area contributed by atoms with E-state index in [9.17, 15) is 4.79 Å². The van der Waals surface area contributed by atoms with Crippen LogP contribution in [0.15, 0.2) is 66.9 Å². The zero-order valence-corrected chi connectivity index (χ0v) is 12.9. The Morgan fingerprint density at radius 3 is 2.71 bits per heavy atom. The Labute approximate surface area is 139 Å². The summed E-state index contributed by atoms with van der Waals surface area (Å²) in [6.07, 6.45) is 2.47. The highest BCUT2D eigenvalue weighted by atomic mass is 16.2. The molecule has 2 aromatic carbocycles. The Kier molecular flexibility index (Phi) is 3.59. The number of hydrogen-bond donors (Lipinski definition) is 3. The second kappa shape index (κ2) is 6.04. The Morgan fingerprint density at radius 2 is 1.83 bits per heavy atom. The first-order valence-corrected chi connectivity index (χ1v) is 7.75. The number of nitrogens with one attached hydrogen (secondary N) is 3. The quantitative estimate of drug-likeness (QED) is 0.646. The number of hydrogen-bond acceptors (Lipinski definition) is 3. The molecule has 24 heavy (non-hydrogen) atoms. The second-order valence-electron chi connectivity index (χ2n) is 5.64. The summed E-state index contributed by atoms with van der Waals surface area (Å²) in [5, 5.41) is 13.2. The van der Waals surface area contributed by atoms with E-state index in [4.69, 9.17) is 0 Å². The number of carbonyl (C=O) groups excluding carboxylic acids is 1. The van der Waals surface area contributed by atoms with Crippen LogP contribution in [0.4, 0.5) is 11.5 Å². The lowest BCUT2D eigenvalue weighted by atomic mass is 10.1. The zero-order chi connectivity index (χ0) is 16.4. The average Bonchev–Trinajstić information content (AvgIpc) is 3.17. The summed E-state index contributed by atoms with van der Waals surface area (Å²) < 4.78 is 0. The first-order valence-electron chi connectivity index (χ1n) is 7.75. The van der Waals surface area contributed by atoms with E-state index in [1.54, 1.807) is 6.20 Å². The second-order valence-corrected chi connectivity index (χ2v) is 5.64. The summed E-state index contributed by atoms with van der Waals surface area (Å²) in [6.45, 7) is 0. The van der Waals surface area contributed by atoms with Gasteiger partial charge in [0.1, 0.15) is 5.82 Å². The number of benzene rings is 2. The molecular formula is C19H16N4O. The van der Waals surface area contributed by atoms with Gasteiger partial charge in [0.2, 0.25) is 0 Å². The van der Waals surface area contributed by atoms with Crippen molar-refractivity contribution in [3.05, 3.63) is 83.7 Å². The van der Waals surface area contributed by atoms with E-state index in [0.717, 1.165) is 29.2 Å². The molecule has 2 heterocycles. The number of aromatic amines is 1. The minimum absolute atomic E-state index is 0.104. The Balaban J connectivity index is 1.50. The van der Waals surface area contributed by atoms with Gasteiger partial charge < -0.3 is 10.6 Å². The van der Waals surface area contributed by atoms with Crippen molar-refractivity contribution in [3.8, 4) is 0 Å². The maximum absolute atomic E-state index is 12.1. The highest BCUT2D eigenvalue weighted by Gasteiger charge is 2.23. The molecule has 0 fully saturated rings. The highest BCUT2D eigenvalue weighted by Crippen LogP contribution is 2.31. The number of anilines is 2. The number of aromatic nitrogens is 2. The van der Waals surface area contributed by atoms with Gasteiger partial charge in [0, 0.05) is 29.9 Å². The van der Waals surface area contributed by atoms with Gasteiger partial charge in [-0.3, -0.25) is 9.89 Å². The SMILES string of the molecule is O=C1Nc2ccccc2/C1=C\Nc1cc(Cc2ccccc2)n[nH]1. The number of fused-ring (bicyclic) bond motifs is 1. The van der Waals surface area contributed by atoms with E-state index in [1.807, 2.05) is 48.5 Å². The van der Waals surface area contributed by atoms with Crippen LogP contribution in [0.5, 0.6) is 0 Å². The first kappa shape index (κ1) is 14.3. The lowest BCUT2D eigenvalue weighted by Gasteiger charge is -1.99. The van der Waals surface area contributed by atoms with Crippen LogP contribution in [-0.4, -0.2) is 16.1 Å². The van der Waals surface area contributed by atoms with Crippen molar-refractivity contribution in [1.82, 2.24) is 10.2 Å². The van der Waals surface area contributed by atoms with E-state index < -0.39 is 0 Å². The van der Waals surface area contributed by atoms with Crippen LogP contribution in [0.1, 0.15) is 16.8 Å². The molecule has 0 saturated heterocycles. The molecule has 0 unspecified atom stereocenters. The maximum Gasteiger partial charge on any atom is 0.257 e. The van der Waals surface area contributed by atoms with Crippen LogP contribution in [0, 0.1) is 0 Å². The van der Waals surface area contributed by atoms with Crippen LogP contribution < -0.4 is 10.6 Å². The minimum Gasteiger partial charge on any atom is -0.346 e. The van der Waals surface area contributed by atoms with Crippen LogP contribution in [0.25, 0.3) is 5.57 Å². The van der Waals surface area contributed by atoms with E-state index in [-0.39, 0.29) is 5.91 Å². The number of para-hydroxylation sites is 1. The lowest BCUT2D eigenvalue weighted by Crippen LogP contribution is -2.05. The Bertz CT molecular complexity index is 912. The van der Waals surface area contributed by atoms with Crippen molar-refractivity contribution in [2.45, 2.75) is 6.42 Å². The molecule has 3 N–H and O–H groups in total. The van der Waals surface area contributed by atoms with Crippen LogP contribution in [0.2, 0.25) is 0 Å². The summed E-state index contributed by atoms with van der Waals surface area (Å²) in [7, 11) is 0. The molecule has 0 bridgehead atoms. The number of nitrogens with zero attached hydrogens (tertiary/aromatic N) is 1. The molecule has 0 spiro atoms. The van der Waals surface area contributed by atoms with E-state index in [2.05, 4.69) is 33.0 Å². The van der Waals surface area contributed by atoms with Gasteiger partial charge in [0.05, 0.1) is 11.3 Å². The molecule has 1 aliphatic rings. The molecule has 0 aliphatic carbocycles. The average molecular weight is 316 g/mol. The van der Waals surface area contributed by atoms with Gasteiger partial charge in [-0.05, 0) is 11.6 Å². The third-order valence-corrected chi connectivity index (χ3v) is 3.94. The number of H-pyrrole nitrogens is 1. The normalized spacial score (nSPS) is 14.5. The van der Waals surface area contributed by atoms with Crippen LogP contribution in [-0.2, 0) is 11.2 Å². The molecule has 0 saturated carbocycles. The van der Waals surface area contributed by atoms with Gasteiger partial charge in [-0.25, -0.2) is 0 Å². The van der Waals surface area contributed by atoms with Gasteiger partial charge in [-0.2, -0.15) is 5.10 Å². The molecular weight excluding hydrogens is 300 g/mol. The molecule has 3 aromatic rings. The Morgan fingerprint density at radius 1 is 1.04 bits per heavy atom. The third-order valence-electron chi connectivity index (χ3n) is 3.94. The molecule has 1 aliphatic heterocycles. The van der Waals surface area contributed by atoms with Crippen molar-refractivity contribution in [1.29, 1.82) is 0 Å². The highest BCUT2D eigenvalue weighted by molar-refractivity contribution is 6.31. The predicted molar refractivity (Wildman–Crippen MR) is 94.5 cm³/mol. The van der Waals surface area contributed by atoms with Gasteiger partial charge in [0.25, 0.3) is 5.91 Å². The number of carbonyl (C=O) groups is 1. The summed E-state index contributed by atoms with van der Waals surface area (Å²) in [6, 6.07) is 19.8. The monoisotopic (exact) mass is 316 g/mol. The van der Waals surface area contributed by atoms with Crippen molar-refractivity contribution in [3.63, 3.8) is 0 Å². The Hall–Kier alpha value is -3.34. The van der Waals surface area contributed by atoms with E-state index in [1.165, 1.54) is 5.56 Å². The van der Waals surface area contributed by atoms with Crippen molar-refractivity contribution < 1.29 is 4.79 Å². The number of rotatable bonds is 4.